The molecule has 2 heterocycles. The van der Waals surface area contributed by atoms with E-state index in [2.05, 4.69) is 21.6 Å². The van der Waals surface area contributed by atoms with Gasteiger partial charge in [-0.3, -0.25) is 14.5 Å². The highest BCUT2D eigenvalue weighted by Crippen LogP contribution is 2.52. The Morgan fingerprint density at radius 2 is 1.89 bits per heavy atom. The van der Waals surface area contributed by atoms with Crippen LogP contribution in [0.1, 0.15) is 45.1 Å². The fraction of sp³-hybridized carbons (Fsp3) is 0.344. The van der Waals surface area contributed by atoms with Crippen LogP contribution in [0.2, 0.25) is 0 Å². The fourth-order valence-electron chi connectivity index (χ4n) is 5.58. The molecule has 0 radical (unpaired) electrons. The predicted octanol–water partition coefficient (Wildman–Crippen LogP) is 5.63. The van der Waals surface area contributed by atoms with E-state index in [9.17, 15) is 14.9 Å². The SMILES string of the molecule is CCOc1ccc(NC(=O)CSc2nnc(N3C(N)=C(C#N)C(c4cc(OC)ccc4OC)C4=C3CC(C)(C)CC4=O)s2)cc1. The lowest BCUT2D eigenvalue weighted by atomic mass is 9.68. The van der Waals surface area contributed by atoms with Crippen LogP contribution in [0.5, 0.6) is 17.2 Å². The third kappa shape index (κ3) is 6.62. The average molecular weight is 647 g/mol. The van der Waals surface area contributed by atoms with E-state index in [1.54, 1.807) is 61.6 Å². The Balaban J connectivity index is 1.46. The molecular formula is C32H34N6O5S2. The lowest BCUT2D eigenvalue weighted by molar-refractivity contribution is -0.118. The molecule has 1 atom stereocenters. The number of aromatic nitrogens is 2. The third-order valence-electron chi connectivity index (χ3n) is 7.49. The number of nitrogens with two attached hydrogens (primary N) is 1. The van der Waals surface area contributed by atoms with Gasteiger partial charge in [0.05, 0.1) is 44.1 Å². The second-order valence-electron chi connectivity index (χ2n) is 11.2. The first-order chi connectivity index (χ1) is 21.6. The zero-order valence-electron chi connectivity index (χ0n) is 25.7. The third-order valence-corrected chi connectivity index (χ3v) is 9.53. The molecule has 234 valence electrons. The van der Waals surface area contributed by atoms with Gasteiger partial charge in [0.1, 0.15) is 23.1 Å². The van der Waals surface area contributed by atoms with Gasteiger partial charge in [0.25, 0.3) is 0 Å². The molecule has 2 aromatic carbocycles. The number of rotatable bonds is 10. The number of Topliss-reactive ketones (excluding diaryl/α,β-unsaturated/α-hetero) is 1. The number of carbonyl (C=O) groups excluding carboxylic acids is 2. The van der Waals surface area contributed by atoms with E-state index in [0.717, 1.165) is 5.75 Å². The Kier molecular flexibility index (Phi) is 9.36. The molecule has 0 bridgehead atoms. The summed E-state index contributed by atoms with van der Waals surface area (Å²) in [6.07, 6.45) is 0.824. The summed E-state index contributed by atoms with van der Waals surface area (Å²) in [5, 5.41) is 22.4. The van der Waals surface area contributed by atoms with Gasteiger partial charge in [0.15, 0.2) is 10.1 Å². The number of carbonyl (C=O) groups is 2. The molecule has 13 heteroatoms. The standard InChI is InChI=1S/C32H34N6O5S2/c1-6-43-19-9-7-18(8-10-19)35-26(40)17-44-31-37-36-30(45-31)38-23-14-32(2,3)15-24(39)28(23)27(22(16-33)29(38)34)21-13-20(41-4)11-12-25(21)42-5/h7-13,27H,6,14-15,17,34H2,1-5H3,(H,35,40). The number of anilines is 2. The smallest absolute Gasteiger partial charge is 0.234 e. The maximum absolute atomic E-state index is 13.9. The van der Waals surface area contributed by atoms with Crippen molar-refractivity contribution in [1.82, 2.24) is 10.2 Å². The minimum atomic E-state index is -0.747. The van der Waals surface area contributed by atoms with E-state index in [1.165, 1.54) is 23.1 Å². The number of thioether (sulfide) groups is 1. The second-order valence-corrected chi connectivity index (χ2v) is 13.4. The van der Waals surface area contributed by atoms with Gasteiger partial charge in [-0.25, -0.2) is 0 Å². The van der Waals surface area contributed by atoms with Crippen LogP contribution in [0.4, 0.5) is 10.8 Å². The molecule has 1 amide bonds. The number of hydrogen-bond acceptors (Lipinski definition) is 12. The van der Waals surface area contributed by atoms with Crippen molar-refractivity contribution in [1.29, 1.82) is 5.26 Å². The van der Waals surface area contributed by atoms with Gasteiger partial charge >= 0.3 is 0 Å². The van der Waals surface area contributed by atoms with Crippen molar-refractivity contribution in [2.75, 3.05) is 36.8 Å². The summed E-state index contributed by atoms with van der Waals surface area (Å²) in [6.45, 7) is 6.52. The van der Waals surface area contributed by atoms with Gasteiger partial charge in [0, 0.05) is 28.9 Å². The molecule has 0 spiro atoms. The molecule has 1 aromatic heterocycles. The first-order valence-corrected chi connectivity index (χ1v) is 16.1. The first kappa shape index (κ1) is 31.9. The molecule has 2 aliphatic rings. The van der Waals surface area contributed by atoms with Gasteiger partial charge in [-0.15, -0.1) is 10.2 Å². The number of ether oxygens (including phenoxy) is 3. The molecule has 0 saturated carbocycles. The Morgan fingerprint density at radius 3 is 2.56 bits per heavy atom. The Labute approximate surface area is 270 Å². The fourth-order valence-corrected chi connectivity index (χ4v) is 7.26. The highest BCUT2D eigenvalue weighted by Gasteiger charge is 2.46. The van der Waals surface area contributed by atoms with Crippen molar-refractivity contribution in [3.63, 3.8) is 0 Å². The molecule has 1 aliphatic heterocycles. The lowest BCUT2D eigenvalue weighted by Crippen LogP contribution is -2.42. The van der Waals surface area contributed by atoms with E-state index in [1.807, 2.05) is 20.8 Å². The molecule has 11 nitrogen and oxygen atoms in total. The molecule has 1 aliphatic carbocycles. The summed E-state index contributed by atoms with van der Waals surface area (Å²) in [5.41, 5.74) is 9.03. The number of nitrogens with one attached hydrogen (secondary N) is 1. The van der Waals surface area contributed by atoms with Crippen LogP contribution < -0.4 is 30.2 Å². The summed E-state index contributed by atoms with van der Waals surface area (Å²) >= 11 is 2.47. The molecule has 0 fully saturated rings. The minimum absolute atomic E-state index is 0.0774. The summed E-state index contributed by atoms with van der Waals surface area (Å²) < 4.78 is 17.1. The zero-order chi connectivity index (χ0) is 32.3. The monoisotopic (exact) mass is 646 g/mol. The number of amides is 1. The highest BCUT2D eigenvalue weighted by atomic mass is 32.2. The van der Waals surface area contributed by atoms with Gasteiger partial charge in [-0.05, 0) is 61.2 Å². The van der Waals surface area contributed by atoms with Crippen LogP contribution in [0.15, 0.2) is 69.5 Å². The van der Waals surface area contributed by atoms with Crippen LogP contribution in [0.25, 0.3) is 0 Å². The van der Waals surface area contributed by atoms with Crippen molar-refractivity contribution in [2.24, 2.45) is 11.1 Å². The Morgan fingerprint density at radius 1 is 1.16 bits per heavy atom. The van der Waals surface area contributed by atoms with Crippen molar-refractivity contribution in [2.45, 2.75) is 43.9 Å². The number of benzene rings is 2. The van der Waals surface area contributed by atoms with Crippen LogP contribution in [-0.4, -0.2) is 48.5 Å². The van der Waals surface area contributed by atoms with Gasteiger partial charge < -0.3 is 25.3 Å². The van der Waals surface area contributed by atoms with Crippen molar-refractivity contribution in [3.05, 3.63) is 70.7 Å². The second kappa shape index (κ2) is 13.2. The molecule has 45 heavy (non-hydrogen) atoms. The summed E-state index contributed by atoms with van der Waals surface area (Å²) in [6, 6.07) is 14.7. The molecule has 1 unspecified atom stereocenters. The number of allylic oxidation sites excluding steroid dienone is 3. The lowest BCUT2D eigenvalue weighted by Gasteiger charge is -2.42. The Bertz CT molecular complexity index is 1720. The summed E-state index contributed by atoms with van der Waals surface area (Å²) in [7, 11) is 3.09. The van der Waals surface area contributed by atoms with Crippen LogP contribution in [0.3, 0.4) is 0 Å². The number of nitriles is 1. The quantitative estimate of drug-likeness (QED) is 0.264. The van der Waals surface area contributed by atoms with E-state index < -0.39 is 5.92 Å². The maximum Gasteiger partial charge on any atom is 0.234 e. The van der Waals surface area contributed by atoms with Crippen LogP contribution in [-0.2, 0) is 9.59 Å². The van der Waals surface area contributed by atoms with E-state index in [4.69, 9.17) is 19.9 Å². The van der Waals surface area contributed by atoms with Crippen LogP contribution >= 0.6 is 23.1 Å². The Hall–Kier alpha value is -4.54. The molecular weight excluding hydrogens is 613 g/mol. The normalized spacial score (nSPS) is 17.5. The van der Waals surface area contributed by atoms with E-state index in [0.29, 0.717) is 62.9 Å². The van der Waals surface area contributed by atoms with Crippen molar-refractivity contribution >= 4 is 45.6 Å². The molecule has 5 rings (SSSR count). The summed E-state index contributed by atoms with van der Waals surface area (Å²) in [4.78, 5) is 28.2. The highest BCUT2D eigenvalue weighted by molar-refractivity contribution is 8.01. The number of methoxy groups -OCH3 is 2. The number of nitrogens with zero attached hydrogens (tertiary/aromatic N) is 4. The topological polar surface area (TPSA) is 153 Å². The maximum atomic E-state index is 13.9. The predicted molar refractivity (Wildman–Crippen MR) is 174 cm³/mol. The molecule has 3 aromatic rings. The van der Waals surface area contributed by atoms with Gasteiger partial charge in [0.2, 0.25) is 11.0 Å². The summed E-state index contributed by atoms with van der Waals surface area (Å²) in [5.74, 6) is 1.04. The largest absolute Gasteiger partial charge is 0.497 e. The van der Waals surface area contributed by atoms with E-state index in [-0.39, 0.29) is 34.3 Å². The molecule has 0 saturated heterocycles. The van der Waals surface area contributed by atoms with Crippen molar-refractivity contribution in [3.8, 4) is 23.3 Å². The van der Waals surface area contributed by atoms with Gasteiger partial charge in [-0.2, -0.15) is 5.26 Å². The average Bonchev–Trinajstić information content (AvgIpc) is 3.48. The van der Waals surface area contributed by atoms with Gasteiger partial charge in [-0.1, -0.05) is 36.9 Å². The first-order valence-electron chi connectivity index (χ1n) is 14.3. The van der Waals surface area contributed by atoms with Crippen molar-refractivity contribution < 1.29 is 23.8 Å². The number of hydrogen-bond donors (Lipinski definition) is 2. The number of ketones is 1. The van der Waals surface area contributed by atoms with E-state index >= 15 is 0 Å². The molecule has 3 N–H and O–H groups in total. The minimum Gasteiger partial charge on any atom is -0.497 e. The zero-order valence-corrected chi connectivity index (χ0v) is 27.3. The van der Waals surface area contributed by atoms with Crippen LogP contribution in [0, 0.1) is 16.7 Å².